The van der Waals surface area contributed by atoms with E-state index in [1.807, 2.05) is 36.4 Å². The molecule has 0 atom stereocenters. The van der Waals surface area contributed by atoms with E-state index < -0.39 is 5.91 Å². The lowest BCUT2D eigenvalue weighted by Crippen LogP contribution is -2.13. The number of benzene rings is 3. The molecule has 0 radical (unpaired) electrons. The number of carbonyl (C=O) groups is 1. The summed E-state index contributed by atoms with van der Waals surface area (Å²) in [5, 5.41) is 22.1. The van der Waals surface area contributed by atoms with Gasteiger partial charge in [-0.15, -0.1) is 0 Å². The van der Waals surface area contributed by atoms with Crippen LogP contribution in [0, 0.1) is 11.3 Å². The highest BCUT2D eigenvalue weighted by Crippen LogP contribution is 2.34. The summed E-state index contributed by atoms with van der Waals surface area (Å²) in [6, 6.07) is 21.6. The minimum atomic E-state index is -0.552. The zero-order chi connectivity index (χ0) is 22.9. The third-order valence-corrected chi connectivity index (χ3v) is 5.09. The molecular formula is C25H21BrN2O4. The van der Waals surface area contributed by atoms with E-state index in [0.29, 0.717) is 34.7 Å². The number of nitrogens with zero attached hydrogens (tertiary/aromatic N) is 1. The number of phenolic OH excluding ortho intramolecular Hbond substituents is 1. The van der Waals surface area contributed by atoms with Gasteiger partial charge in [0.15, 0.2) is 11.5 Å². The zero-order valence-corrected chi connectivity index (χ0v) is 18.9. The lowest BCUT2D eigenvalue weighted by Gasteiger charge is -2.10. The highest BCUT2D eigenvalue weighted by Gasteiger charge is 2.13. The molecule has 0 aliphatic carbocycles. The van der Waals surface area contributed by atoms with Gasteiger partial charge in [0.25, 0.3) is 5.91 Å². The predicted molar refractivity (Wildman–Crippen MR) is 126 cm³/mol. The van der Waals surface area contributed by atoms with Crippen LogP contribution in [-0.2, 0) is 11.4 Å². The van der Waals surface area contributed by atoms with Crippen LogP contribution < -0.4 is 14.8 Å². The van der Waals surface area contributed by atoms with Crippen molar-refractivity contribution in [2.24, 2.45) is 0 Å². The Morgan fingerprint density at radius 3 is 2.50 bits per heavy atom. The molecule has 0 saturated carbocycles. The number of hydrogen-bond acceptors (Lipinski definition) is 5. The molecule has 162 valence electrons. The van der Waals surface area contributed by atoms with E-state index in [4.69, 9.17) is 9.47 Å². The fraction of sp³-hybridized carbons (Fsp3) is 0.120. The second-order valence-corrected chi connectivity index (χ2v) is 7.55. The van der Waals surface area contributed by atoms with Crippen LogP contribution >= 0.6 is 15.9 Å². The Morgan fingerprint density at radius 2 is 1.84 bits per heavy atom. The van der Waals surface area contributed by atoms with Crippen molar-refractivity contribution in [1.29, 1.82) is 5.26 Å². The van der Waals surface area contributed by atoms with E-state index in [1.165, 1.54) is 12.1 Å². The first-order valence-corrected chi connectivity index (χ1v) is 10.6. The minimum Gasteiger partial charge on any atom is -0.504 e. The summed E-state index contributed by atoms with van der Waals surface area (Å²) in [5.41, 5.74) is 2.02. The first kappa shape index (κ1) is 22.9. The molecular weight excluding hydrogens is 472 g/mol. The number of anilines is 1. The van der Waals surface area contributed by atoms with Gasteiger partial charge in [-0.2, -0.15) is 5.26 Å². The Balaban J connectivity index is 1.68. The van der Waals surface area contributed by atoms with Gasteiger partial charge in [-0.1, -0.05) is 46.3 Å². The third-order valence-electron chi connectivity index (χ3n) is 4.40. The molecule has 1 amide bonds. The number of ether oxygens (including phenoxy) is 2. The first-order chi connectivity index (χ1) is 15.5. The number of amides is 1. The number of nitriles is 1. The monoisotopic (exact) mass is 492 g/mol. The van der Waals surface area contributed by atoms with Gasteiger partial charge in [0.05, 0.1) is 6.61 Å². The number of halogens is 1. The second kappa shape index (κ2) is 11.0. The summed E-state index contributed by atoms with van der Waals surface area (Å²) in [5.74, 6) is 0.349. The molecule has 0 aromatic heterocycles. The van der Waals surface area contributed by atoms with Gasteiger partial charge in [-0.25, -0.2) is 0 Å². The van der Waals surface area contributed by atoms with E-state index in [2.05, 4.69) is 21.2 Å². The summed E-state index contributed by atoms with van der Waals surface area (Å²) >= 11 is 3.33. The molecule has 32 heavy (non-hydrogen) atoms. The van der Waals surface area contributed by atoms with Gasteiger partial charge in [0.2, 0.25) is 0 Å². The van der Waals surface area contributed by atoms with Gasteiger partial charge in [0, 0.05) is 10.2 Å². The number of rotatable bonds is 8. The molecule has 0 spiro atoms. The van der Waals surface area contributed by atoms with E-state index >= 15 is 0 Å². The smallest absolute Gasteiger partial charge is 0.266 e. The predicted octanol–water partition coefficient (Wildman–Crippen LogP) is 5.68. The van der Waals surface area contributed by atoms with Crippen molar-refractivity contribution in [2.75, 3.05) is 11.9 Å². The number of hydrogen-bond donors (Lipinski definition) is 2. The number of nitrogens with one attached hydrogen (secondary N) is 1. The zero-order valence-electron chi connectivity index (χ0n) is 17.3. The summed E-state index contributed by atoms with van der Waals surface area (Å²) in [4.78, 5) is 12.6. The molecule has 0 bridgehead atoms. The van der Waals surface area contributed by atoms with E-state index in [0.717, 1.165) is 5.56 Å². The summed E-state index contributed by atoms with van der Waals surface area (Å²) in [6.07, 6.45) is 1.43. The van der Waals surface area contributed by atoms with Crippen molar-refractivity contribution in [3.05, 3.63) is 87.9 Å². The van der Waals surface area contributed by atoms with Crippen molar-refractivity contribution < 1.29 is 19.4 Å². The Bertz CT molecular complexity index is 1150. The van der Waals surface area contributed by atoms with Crippen molar-refractivity contribution in [3.63, 3.8) is 0 Å². The van der Waals surface area contributed by atoms with Crippen LogP contribution in [-0.4, -0.2) is 17.6 Å². The van der Waals surface area contributed by atoms with Crippen LogP contribution in [0.5, 0.6) is 17.2 Å². The van der Waals surface area contributed by atoms with Crippen LogP contribution in [0.4, 0.5) is 5.69 Å². The maximum atomic E-state index is 12.6. The van der Waals surface area contributed by atoms with Gasteiger partial charge >= 0.3 is 0 Å². The minimum absolute atomic E-state index is 0.0339. The largest absolute Gasteiger partial charge is 0.504 e. The normalized spacial score (nSPS) is 10.8. The Morgan fingerprint density at radius 1 is 1.12 bits per heavy atom. The Labute approximate surface area is 194 Å². The van der Waals surface area contributed by atoms with E-state index in [9.17, 15) is 15.2 Å². The molecule has 2 N–H and O–H groups in total. The molecule has 6 nitrogen and oxygen atoms in total. The summed E-state index contributed by atoms with van der Waals surface area (Å²) in [6.45, 7) is 2.61. The van der Waals surface area contributed by atoms with E-state index in [1.54, 1.807) is 37.3 Å². The SMILES string of the molecule is CCOc1cc(/C=C(\C#N)C(=O)Nc2ccc(OCc3ccccc3)cc2)c(Br)cc1O. The van der Waals surface area contributed by atoms with Gasteiger partial charge < -0.3 is 19.9 Å². The van der Waals surface area contributed by atoms with Crippen molar-refractivity contribution >= 4 is 33.6 Å². The Hall–Kier alpha value is -3.76. The fourth-order valence-corrected chi connectivity index (χ4v) is 3.26. The second-order valence-electron chi connectivity index (χ2n) is 6.70. The molecule has 0 fully saturated rings. The molecule has 0 aliphatic heterocycles. The van der Waals surface area contributed by atoms with Crippen LogP contribution in [0.15, 0.2) is 76.8 Å². The number of phenols is 1. The highest BCUT2D eigenvalue weighted by atomic mass is 79.9. The molecule has 0 aliphatic rings. The van der Waals surface area contributed by atoms with Crippen LogP contribution in [0.3, 0.4) is 0 Å². The van der Waals surface area contributed by atoms with E-state index in [-0.39, 0.29) is 17.1 Å². The standard InChI is InChI=1S/C25H21BrN2O4/c1-2-31-24-13-18(22(26)14-23(24)29)12-19(15-27)25(30)28-20-8-10-21(11-9-20)32-16-17-6-4-3-5-7-17/h3-14,29H,2,16H2,1H3,(H,28,30)/b19-12+. The molecule has 0 heterocycles. The number of carbonyl (C=O) groups excluding carboxylic acids is 1. The van der Waals surface area contributed by atoms with Crippen LogP contribution in [0.1, 0.15) is 18.1 Å². The van der Waals surface area contributed by atoms with Gasteiger partial charge in [0.1, 0.15) is 24.0 Å². The number of aromatic hydroxyl groups is 1. The average molecular weight is 493 g/mol. The van der Waals surface area contributed by atoms with Gasteiger partial charge in [-0.3, -0.25) is 4.79 Å². The molecule has 3 rings (SSSR count). The van der Waals surface area contributed by atoms with Crippen molar-refractivity contribution in [2.45, 2.75) is 13.5 Å². The maximum absolute atomic E-state index is 12.6. The molecule has 3 aromatic carbocycles. The average Bonchev–Trinajstić information content (AvgIpc) is 2.80. The molecule has 0 saturated heterocycles. The summed E-state index contributed by atoms with van der Waals surface area (Å²) < 4.78 is 11.6. The summed E-state index contributed by atoms with van der Waals surface area (Å²) in [7, 11) is 0. The fourth-order valence-electron chi connectivity index (χ4n) is 2.82. The lowest BCUT2D eigenvalue weighted by atomic mass is 10.1. The van der Waals surface area contributed by atoms with Crippen LogP contribution in [0.25, 0.3) is 6.08 Å². The topological polar surface area (TPSA) is 91.6 Å². The molecule has 0 unspecified atom stereocenters. The first-order valence-electron chi connectivity index (χ1n) is 9.85. The quantitative estimate of drug-likeness (QED) is 0.311. The third kappa shape index (κ3) is 6.13. The highest BCUT2D eigenvalue weighted by molar-refractivity contribution is 9.10. The van der Waals surface area contributed by atoms with Crippen molar-refractivity contribution in [1.82, 2.24) is 0 Å². The maximum Gasteiger partial charge on any atom is 0.266 e. The lowest BCUT2D eigenvalue weighted by molar-refractivity contribution is -0.112. The van der Waals surface area contributed by atoms with Gasteiger partial charge in [-0.05, 0) is 60.5 Å². The van der Waals surface area contributed by atoms with Crippen LogP contribution in [0.2, 0.25) is 0 Å². The van der Waals surface area contributed by atoms with Crippen molar-refractivity contribution in [3.8, 4) is 23.3 Å². The molecule has 3 aromatic rings. The molecule has 7 heteroatoms. The Kier molecular flexibility index (Phi) is 7.90.